The lowest BCUT2D eigenvalue weighted by Crippen LogP contribution is -2.30. The summed E-state index contributed by atoms with van der Waals surface area (Å²) in [5, 5.41) is 3.41. The average molecular weight is 298 g/mol. The fourth-order valence-electron chi connectivity index (χ4n) is 2.08. The first-order valence-corrected chi connectivity index (χ1v) is 8.13. The zero-order valence-corrected chi connectivity index (χ0v) is 12.3. The molecule has 0 bridgehead atoms. The Balaban J connectivity index is 1.90. The lowest BCUT2D eigenvalue weighted by Gasteiger charge is -2.28. The Morgan fingerprint density at radius 3 is 3.17 bits per heavy atom. The smallest absolute Gasteiger partial charge is 0.190 e. The summed E-state index contributed by atoms with van der Waals surface area (Å²) in [5.41, 5.74) is 1.41. The maximum Gasteiger partial charge on any atom is 0.190 e. The van der Waals surface area contributed by atoms with Crippen LogP contribution in [0.25, 0.3) is 0 Å². The summed E-state index contributed by atoms with van der Waals surface area (Å²) >= 11 is 9.40. The van der Waals surface area contributed by atoms with E-state index in [2.05, 4.69) is 26.3 Å². The first-order chi connectivity index (χ1) is 8.76. The molecule has 0 aliphatic carbocycles. The molecular weight excluding hydrogens is 286 g/mol. The van der Waals surface area contributed by atoms with Crippen LogP contribution in [0.15, 0.2) is 22.7 Å². The molecule has 2 aromatic rings. The Morgan fingerprint density at radius 2 is 2.33 bits per heavy atom. The Bertz CT molecular complexity index is 570. The Kier molecular flexibility index (Phi) is 3.46. The van der Waals surface area contributed by atoms with Gasteiger partial charge in [0, 0.05) is 24.0 Å². The lowest BCUT2D eigenvalue weighted by molar-refractivity contribution is 0.722. The quantitative estimate of drug-likeness (QED) is 0.482. The molecule has 0 N–H and O–H groups in total. The van der Waals surface area contributed by atoms with Crippen LogP contribution in [-0.2, 0) is 13.0 Å². The number of fused-ring (bicyclic) bond motifs is 1. The van der Waals surface area contributed by atoms with Gasteiger partial charge in [-0.2, -0.15) is 0 Å². The highest BCUT2D eigenvalue weighted by molar-refractivity contribution is 7.98. The van der Waals surface area contributed by atoms with Gasteiger partial charge in [-0.15, -0.1) is 11.3 Å². The molecule has 2 aromatic heterocycles. The number of aromatic nitrogens is 2. The first kappa shape index (κ1) is 12.3. The third kappa shape index (κ3) is 2.35. The van der Waals surface area contributed by atoms with E-state index in [-0.39, 0.29) is 0 Å². The van der Waals surface area contributed by atoms with Gasteiger partial charge in [-0.1, -0.05) is 23.4 Å². The van der Waals surface area contributed by atoms with Gasteiger partial charge in [-0.25, -0.2) is 9.97 Å². The van der Waals surface area contributed by atoms with Crippen LogP contribution in [0.2, 0.25) is 5.15 Å². The van der Waals surface area contributed by atoms with Crippen molar-refractivity contribution in [2.45, 2.75) is 18.1 Å². The maximum atomic E-state index is 6.04. The summed E-state index contributed by atoms with van der Waals surface area (Å²) in [7, 11) is 0. The van der Waals surface area contributed by atoms with E-state index in [9.17, 15) is 0 Å². The van der Waals surface area contributed by atoms with Crippen LogP contribution < -0.4 is 4.90 Å². The highest BCUT2D eigenvalue weighted by Crippen LogP contribution is 2.28. The van der Waals surface area contributed by atoms with Crippen LogP contribution >= 0.6 is 34.7 Å². The van der Waals surface area contributed by atoms with Crippen molar-refractivity contribution in [3.05, 3.63) is 33.1 Å². The number of rotatable bonds is 2. The molecule has 3 nitrogen and oxygen atoms in total. The zero-order valence-electron chi connectivity index (χ0n) is 9.89. The van der Waals surface area contributed by atoms with Crippen LogP contribution in [0.5, 0.6) is 0 Å². The van der Waals surface area contributed by atoms with Crippen LogP contribution in [0.1, 0.15) is 10.4 Å². The SMILES string of the molecule is CSc1nc(Cl)cc(N2CCc3sccc3C2)n1. The summed E-state index contributed by atoms with van der Waals surface area (Å²) in [6, 6.07) is 4.04. The van der Waals surface area contributed by atoms with E-state index in [1.807, 2.05) is 23.7 Å². The van der Waals surface area contributed by atoms with Crippen molar-refractivity contribution in [3.63, 3.8) is 0 Å². The third-order valence-corrected chi connectivity index (χ3v) is 4.74. The molecule has 0 fully saturated rings. The van der Waals surface area contributed by atoms with Crippen LogP contribution in [0.4, 0.5) is 5.82 Å². The van der Waals surface area contributed by atoms with E-state index in [1.54, 1.807) is 0 Å². The zero-order chi connectivity index (χ0) is 12.5. The van der Waals surface area contributed by atoms with Gasteiger partial charge >= 0.3 is 0 Å². The van der Waals surface area contributed by atoms with Gasteiger partial charge < -0.3 is 4.90 Å². The summed E-state index contributed by atoms with van der Waals surface area (Å²) in [4.78, 5) is 12.5. The molecule has 1 aliphatic rings. The van der Waals surface area contributed by atoms with Crippen molar-refractivity contribution in [3.8, 4) is 0 Å². The molecule has 18 heavy (non-hydrogen) atoms. The number of hydrogen-bond acceptors (Lipinski definition) is 5. The number of thioether (sulfide) groups is 1. The predicted molar refractivity (Wildman–Crippen MR) is 77.9 cm³/mol. The first-order valence-electron chi connectivity index (χ1n) is 5.65. The molecule has 3 rings (SSSR count). The molecular formula is C12H12ClN3S2. The largest absolute Gasteiger partial charge is 0.352 e. The van der Waals surface area contributed by atoms with Gasteiger partial charge in [0.2, 0.25) is 0 Å². The molecule has 0 saturated heterocycles. The Hall–Kier alpha value is -0.780. The number of nitrogens with zero attached hydrogens (tertiary/aromatic N) is 3. The minimum absolute atomic E-state index is 0.514. The molecule has 0 atom stereocenters. The van der Waals surface area contributed by atoms with Crippen molar-refractivity contribution in [2.75, 3.05) is 17.7 Å². The second-order valence-electron chi connectivity index (χ2n) is 4.08. The normalized spacial score (nSPS) is 14.7. The van der Waals surface area contributed by atoms with Crippen LogP contribution in [0, 0.1) is 0 Å². The fourth-order valence-corrected chi connectivity index (χ4v) is 3.57. The minimum Gasteiger partial charge on any atom is -0.352 e. The summed E-state index contributed by atoms with van der Waals surface area (Å²) in [6.07, 6.45) is 3.05. The van der Waals surface area contributed by atoms with Crippen molar-refractivity contribution >= 4 is 40.5 Å². The van der Waals surface area contributed by atoms with Crippen molar-refractivity contribution in [1.29, 1.82) is 0 Å². The second-order valence-corrected chi connectivity index (χ2v) is 6.24. The van der Waals surface area contributed by atoms with Gasteiger partial charge in [-0.3, -0.25) is 0 Å². The van der Waals surface area contributed by atoms with Gasteiger partial charge in [0.1, 0.15) is 11.0 Å². The average Bonchev–Trinajstić information content (AvgIpc) is 2.85. The van der Waals surface area contributed by atoms with Crippen LogP contribution in [0.3, 0.4) is 0 Å². The third-order valence-electron chi connectivity index (χ3n) is 2.98. The highest BCUT2D eigenvalue weighted by Gasteiger charge is 2.19. The van der Waals surface area contributed by atoms with E-state index in [0.717, 1.165) is 30.5 Å². The minimum atomic E-state index is 0.514. The molecule has 0 saturated carbocycles. The van der Waals surface area contributed by atoms with Crippen molar-refractivity contribution in [1.82, 2.24) is 9.97 Å². The van der Waals surface area contributed by atoms with Gasteiger partial charge in [0.05, 0.1) is 0 Å². The van der Waals surface area contributed by atoms with Crippen molar-refractivity contribution in [2.24, 2.45) is 0 Å². The fraction of sp³-hybridized carbons (Fsp3) is 0.333. The molecule has 0 unspecified atom stereocenters. The van der Waals surface area contributed by atoms with E-state index in [4.69, 9.17) is 11.6 Å². The maximum absolute atomic E-state index is 6.04. The number of anilines is 1. The van der Waals surface area contributed by atoms with Gasteiger partial charge in [-0.05, 0) is 29.7 Å². The number of thiophene rings is 1. The Labute approximate surface area is 119 Å². The topological polar surface area (TPSA) is 29.0 Å². The standard InChI is InChI=1S/C12H12ClN3S2/c1-17-12-14-10(13)6-11(15-12)16-4-2-9-8(7-16)3-5-18-9/h3,5-6H,2,4,7H2,1H3. The molecule has 0 aromatic carbocycles. The highest BCUT2D eigenvalue weighted by atomic mass is 35.5. The second kappa shape index (κ2) is 5.07. The van der Waals surface area contributed by atoms with Crippen molar-refractivity contribution < 1.29 is 0 Å². The monoisotopic (exact) mass is 297 g/mol. The van der Waals surface area contributed by atoms with E-state index < -0.39 is 0 Å². The van der Waals surface area contributed by atoms with E-state index >= 15 is 0 Å². The van der Waals surface area contributed by atoms with E-state index in [0.29, 0.717) is 5.15 Å². The summed E-state index contributed by atoms with van der Waals surface area (Å²) < 4.78 is 0. The summed E-state index contributed by atoms with van der Waals surface area (Å²) in [6.45, 7) is 1.91. The lowest BCUT2D eigenvalue weighted by atomic mass is 10.1. The van der Waals surface area contributed by atoms with Gasteiger partial charge in [0.25, 0.3) is 0 Å². The molecule has 3 heterocycles. The molecule has 0 radical (unpaired) electrons. The molecule has 1 aliphatic heterocycles. The molecule has 0 spiro atoms. The molecule has 0 amide bonds. The predicted octanol–water partition coefficient (Wildman–Crippen LogP) is 3.48. The van der Waals surface area contributed by atoms with E-state index in [1.165, 1.54) is 22.2 Å². The number of hydrogen-bond donors (Lipinski definition) is 0. The number of halogens is 1. The summed E-state index contributed by atoms with van der Waals surface area (Å²) in [5.74, 6) is 0.927. The van der Waals surface area contributed by atoms with Gasteiger partial charge in [0.15, 0.2) is 5.16 Å². The Morgan fingerprint density at radius 1 is 1.44 bits per heavy atom. The van der Waals surface area contributed by atoms with Crippen LogP contribution in [-0.4, -0.2) is 22.8 Å². The molecule has 6 heteroatoms. The molecule has 94 valence electrons.